The van der Waals surface area contributed by atoms with Crippen molar-refractivity contribution < 1.29 is 18.1 Å². The number of pyridine rings is 1. The van der Waals surface area contributed by atoms with Crippen molar-refractivity contribution in [3.8, 4) is 5.82 Å². The number of rotatable bonds is 3. The Kier molecular flexibility index (Phi) is 3.28. The van der Waals surface area contributed by atoms with Crippen LogP contribution in [0.5, 0.6) is 0 Å². The van der Waals surface area contributed by atoms with Crippen molar-refractivity contribution in [1.82, 2.24) is 14.8 Å². The van der Waals surface area contributed by atoms with E-state index in [1.807, 2.05) is 0 Å². The number of anilines is 1. The molecule has 0 radical (unpaired) electrons. The van der Waals surface area contributed by atoms with E-state index in [2.05, 4.69) is 15.5 Å². The van der Waals surface area contributed by atoms with Crippen LogP contribution in [0.1, 0.15) is 5.56 Å². The zero-order valence-electron chi connectivity index (χ0n) is 9.63. The lowest BCUT2D eigenvalue weighted by molar-refractivity contribution is -0.384. The maximum absolute atomic E-state index is 12.5. The van der Waals surface area contributed by atoms with Gasteiger partial charge in [-0.15, -0.1) is 0 Å². The standard InChI is InChI=1S/C9H7F3N6O2/c10-9(11,12)5-3-14-17(4-5)8-6(18(19)20)1-2-7(15-8)16-13/h1-4H,13H2,(H,15,16). The topological polar surface area (TPSA) is 112 Å². The maximum Gasteiger partial charge on any atom is 0.419 e. The minimum absolute atomic E-state index is 0.0506. The van der Waals surface area contributed by atoms with E-state index in [0.717, 1.165) is 6.07 Å². The van der Waals surface area contributed by atoms with Gasteiger partial charge in [-0.05, 0) is 6.07 Å². The molecule has 0 fully saturated rings. The van der Waals surface area contributed by atoms with E-state index >= 15 is 0 Å². The molecule has 0 aromatic carbocycles. The fourth-order valence-electron chi connectivity index (χ4n) is 1.42. The monoisotopic (exact) mass is 288 g/mol. The Morgan fingerprint density at radius 2 is 2.10 bits per heavy atom. The van der Waals surface area contributed by atoms with E-state index in [4.69, 9.17) is 5.84 Å². The Morgan fingerprint density at radius 1 is 1.40 bits per heavy atom. The summed E-state index contributed by atoms with van der Waals surface area (Å²) in [5.41, 5.74) is 0.602. The van der Waals surface area contributed by atoms with Crippen LogP contribution < -0.4 is 11.3 Å². The van der Waals surface area contributed by atoms with Crippen molar-refractivity contribution in [3.05, 3.63) is 40.2 Å². The fourth-order valence-corrected chi connectivity index (χ4v) is 1.42. The van der Waals surface area contributed by atoms with Gasteiger partial charge in [0.15, 0.2) is 0 Å². The molecule has 0 spiro atoms. The van der Waals surface area contributed by atoms with Crippen LogP contribution in [0.2, 0.25) is 0 Å². The van der Waals surface area contributed by atoms with Crippen LogP contribution in [0.3, 0.4) is 0 Å². The molecule has 2 rings (SSSR count). The van der Waals surface area contributed by atoms with Gasteiger partial charge in [0, 0.05) is 12.3 Å². The lowest BCUT2D eigenvalue weighted by Gasteiger charge is -2.05. The van der Waals surface area contributed by atoms with Gasteiger partial charge in [0.2, 0.25) is 5.82 Å². The summed E-state index contributed by atoms with van der Waals surface area (Å²) >= 11 is 0. The molecule has 8 nitrogen and oxygen atoms in total. The first-order chi connectivity index (χ1) is 9.32. The molecule has 20 heavy (non-hydrogen) atoms. The fraction of sp³-hybridized carbons (Fsp3) is 0.111. The predicted molar refractivity (Wildman–Crippen MR) is 60.8 cm³/mol. The normalized spacial score (nSPS) is 11.4. The van der Waals surface area contributed by atoms with E-state index < -0.39 is 22.4 Å². The van der Waals surface area contributed by atoms with Crippen molar-refractivity contribution in [2.75, 3.05) is 5.43 Å². The third-order valence-corrected chi connectivity index (χ3v) is 2.33. The van der Waals surface area contributed by atoms with Gasteiger partial charge in [0.05, 0.1) is 16.7 Å². The highest BCUT2D eigenvalue weighted by molar-refractivity contribution is 5.52. The summed E-state index contributed by atoms with van der Waals surface area (Å²) in [5, 5.41) is 14.3. The Morgan fingerprint density at radius 3 is 2.60 bits per heavy atom. The first kappa shape index (κ1) is 13.7. The summed E-state index contributed by atoms with van der Waals surface area (Å²) in [4.78, 5) is 13.8. The van der Waals surface area contributed by atoms with E-state index in [1.165, 1.54) is 6.07 Å². The highest BCUT2D eigenvalue weighted by Crippen LogP contribution is 2.30. The summed E-state index contributed by atoms with van der Waals surface area (Å²) in [6.07, 6.45) is -3.44. The zero-order valence-corrected chi connectivity index (χ0v) is 9.63. The second-order valence-electron chi connectivity index (χ2n) is 3.61. The van der Waals surface area contributed by atoms with Crippen LogP contribution in [0.4, 0.5) is 24.7 Å². The number of alkyl halides is 3. The number of hydrogen-bond donors (Lipinski definition) is 2. The van der Waals surface area contributed by atoms with E-state index in [1.54, 1.807) is 0 Å². The Labute approximate surface area is 109 Å². The van der Waals surface area contributed by atoms with Crippen LogP contribution in [0.15, 0.2) is 24.5 Å². The van der Waals surface area contributed by atoms with E-state index in [-0.39, 0.29) is 11.6 Å². The molecular weight excluding hydrogens is 281 g/mol. The molecule has 0 aliphatic carbocycles. The van der Waals surface area contributed by atoms with Gasteiger partial charge in [-0.1, -0.05) is 0 Å². The molecule has 3 N–H and O–H groups in total. The largest absolute Gasteiger partial charge is 0.419 e. The molecule has 2 aromatic rings. The number of nitro groups is 1. The summed E-state index contributed by atoms with van der Waals surface area (Å²) in [6, 6.07) is 2.28. The van der Waals surface area contributed by atoms with Gasteiger partial charge in [-0.2, -0.15) is 18.3 Å². The molecule has 0 atom stereocenters. The third kappa shape index (κ3) is 2.51. The van der Waals surface area contributed by atoms with Crippen LogP contribution >= 0.6 is 0 Å². The Bertz CT molecular complexity index is 653. The van der Waals surface area contributed by atoms with E-state index in [0.29, 0.717) is 17.1 Å². The molecule has 0 bridgehead atoms. The summed E-state index contributed by atoms with van der Waals surface area (Å²) in [7, 11) is 0. The number of hydrogen-bond acceptors (Lipinski definition) is 6. The van der Waals surface area contributed by atoms with Crippen molar-refractivity contribution in [3.63, 3.8) is 0 Å². The molecule has 11 heteroatoms. The number of nitrogens with two attached hydrogens (primary N) is 1. The highest BCUT2D eigenvalue weighted by atomic mass is 19.4. The quantitative estimate of drug-likeness (QED) is 0.502. The van der Waals surface area contributed by atoms with Crippen molar-refractivity contribution in [2.24, 2.45) is 5.84 Å². The maximum atomic E-state index is 12.5. The summed E-state index contributed by atoms with van der Waals surface area (Å²) < 4.78 is 38.1. The molecule has 0 aliphatic heterocycles. The molecule has 0 unspecified atom stereocenters. The van der Waals surface area contributed by atoms with Gasteiger partial charge in [-0.3, -0.25) is 10.1 Å². The minimum Gasteiger partial charge on any atom is -0.308 e. The number of nitrogen functional groups attached to an aromatic ring is 1. The number of halogens is 3. The molecule has 0 aliphatic rings. The second-order valence-corrected chi connectivity index (χ2v) is 3.61. The number of nitrogens with zero attached hydrogens (tertiary/aromatic N) is 4. The summed E-state index contributed by atoms with van der Waals surface area (Å²) in [5.74, 6) is 4.78. The van der Waals surface area contributed by atoms with Gasteiger partial charge in [0.25, 0.3) is 0 Å². The van der Waals surface area contributed by atoms with Gasteiger partial charge in [-0.25, -0.2) is 15.5 Å². The smallest absolute Gasteiger partial charge is 0.308 e. The molecule has 0 amide bonds. The molecule has 2 heterocycles. The van der Waals surface area contributed by atoms with Crippen LogP contribution in [0.25, 0.3) is 5.82 Å². The first-order valence-corrected chi connectivity index (χ1v) is 5.07. The Balaban J connectivity index is 2.55. The zero-order chi connectivity index (χ0) is 14.9. The predicted octanol–water partition coefficient (Wildman–Crippen LogP) is 1.48. The van der Waals surface area contributed by atoms with Gasteiger partial charge < -0.3 is 5.43 Å². The van der Waals surface area contributed by atoms with Crippen molar-refractivity contribution in [1.29, 1.82) is 0 Å². The highest BCUT2D eigenvalue weighted by Gasteiger charge is 2.33. The lowest BCUT2D eigenvalue weighted by atomic mass is 10.3. The number of aromatic nitrogens is 3. The minimum atomic E-state index is -4.60. The van der Waals surface area contributed by atoms with Crippen LogP contribution in [-0.4, -0.2) is 19.7 Å². The van der Waals surface area contributed by atoms with Crippen molar-refractivity contribution in [2.45, 2.75) is 6.18 Å². The molecular formula is C9H7F3N6O2. The Hall–Kier alpha value is -2.69. The molecule has 106 valence electrons. The molecule has 0 saturated heterocycles. The third-order valence-electron chi connectivity index (χ3n) is 2.33. The average molecular weight is 288 g/mol. The lowest BCUT2D eigenvalue weighted by Crippen LogP contribution is -2.11. The first-order valence-electron chi connectivity index (χ1n) is 5.07. The van der Waals surface area contributed by atoms with Crippen LogP contribution in [0, 0.1) is 10.1 Å². The van der Waals surface area contributed by atoms with Gasteiger partial charge in [0.1, 0.15) is 5.82 Å². The van der Waals surface area contributed by atoms with Gasteiger partial charge >= 0.3 is 11.9 Å². The SMILES string of the molecule is NNc1ccc([N+](=O)[O-])c(-n2cc(C(F)(F)F)cn2)n1. The number of nitrogens with one attached hydrogen (secondary N) is 1. The van der Waals surface area contributed by atoms with E-state index in [9.17, 15) is 23.3 Å². The average Bonchev–Trinajstić information content (AvgIpc) is 2.87. The summed E-state index contributed by atoms with van der Waals surface area (Å²) in [6.45, 7) is 0. The molecule has 0 saturated carbocycles. The number of hydrazine groups is 1. The van der Waals surface area contributed by atoms with Crippen LogP contribution in [-0.2, 0) is 6.18 Å². The second kappa shape index (κ2) is 4.77. The molecule has 2 aromatic heterocycles. The van der Waals surface area contributed by atoms with Crippen molar-refractivity contribution >= 4 is 11.5 Å².